The first-order valence-corrected chi connectivity index (χ1v) is 9.11. The Morgan fingerprint density at radius 1 is 1.25 bits per heavy atom. The maximum atomic E-state index is 12.3. The summed E-state index contributed by atoms with van der Waals surface area (Å²) >= 11 is 0. The van der Waals surface area contributed by atoms with Crippen molar-refractivity contribution in [2.75, 3.05) is 13.1 Å². The molecule has 6 heteroatoms. The average Bonchev–Trinajstić information content (AvgIpc) is 3.06. The van der Waals surface area contributed by atoms with Gasteiger partial charge in [0.2, 0.25) is 0 Å². The van der Waals surface area contributed by atoms with Gasteiger partial charge in [-0.15, -0.1) is 0 Å². The Labute approximate surface area is 143 Å². The number of rotatable bonds is 5. The molecule has 1 amide bonds. The van der Waals surface area contributed by atoms with Crippen molar-refractivity contribution in [3.8, 4) is 0 Å². The monoisotopic (exact) mass is 338 g/mol. The standard InChI is InChI=1S/C18H30N2O4/c1-16(2,3)24-15(23)20-11-10-17(12-20)6-4-13(17)19-18(8-9-18)7-5-14(21)22/h13,19H,4-12H2,1-3H3,(H,21,22)/t13?,17-/m0/s1. The maximum Gasteiger partial charge on any atom is 0.410 e. The molecular weight excluding hydrogens is 308 g/mol. The van der Waals surface area contributed by atoms with Crippen LogP contribution < -0.4 is 5.32 Å². The number of likely N-dealkylation sites (tertiary alicyclic amines) is 1. The maximum absolute atomic E-state index is 12.3. The summed E-state index contributed by atoms with van der Waals surface area (Å²) < 4.78 is 5.50. The molecule has 3 aliphatic rings. The van der Waals surface area contributed by atoms with E-state index in [2.05, 4.69) is 5.32 Å². The second kappa shape index (κ2) is 5.90. The first-order valence-electron chi connectivity index (χ1n) is 9.11. The minimum Gasteiger partial charge on any atom is -0.481 e. The molecule has 2 saturated carbocycles. The Hall–Kier alpha value is -1.30. The fourth-order valence-corrected chi connectivity index (χ4v) is 4.12. The molecule has 1 spiro atoms. The van der Waals surface area contributed by atoms with Gasteiger partial charge in [-0.25, -0.2) is 4.79 Å². The van der Waals surface area contributed by atoms with E-state index in [4.69, 9.17) is 9.84 Å². The number of aliphatic carboxylic acids is 1. The minimum absolute atomic E-state index is 0.0375. The van der Waals surface area contributed by atoms with E-state index >= 15 is 0 Å². The predicted molar refractivity (Wildman–Crippen MR) is 89.8 cm³/mol. The molecule has 1 saturated heterocycles. The van der Waals surface area contributed by atoms with Crippen molar-refractivity contribution in [1.29, 1.82) is 0 Å². The highest BCUT2D eigenvalue weighted by Gasteiger charge is 2.56. The molecule has 2 atom stereocenters. The highest BCUT2D eigenvalue weighted by atomic mass is 16.6. The summed E-state index contributed by atoms with van der Waals surface area (Å²) in [5.41, 5.74) is -0.259. The third-order valence-corrected chi connectivity index (χ3v) is 5.86. The number of nitrogens with one attached hydrogen (secondary N) is 1. The molecule has 3 rings (SSSR count). The van der Waals surface area contributed by atoms with E-state index in [1.54, 1.807) is 0 Å². The van der Waals surface area contributed by atoms with E-state index in [-0.39, 0.29) is 23.5 Å². The summed E-state index contributed by atoms with van der Waals surface area (Å²) in [5.74, 6) is -0.719. The van der Waals surface area contributed by atoms with E-state index in [1.165, 1.54) is 0 Å². The van der Waals surface area contributed by atoms with Gasteiger partial charge < -0.3 is 20.1 Å². The van der Waals surface area contributed by atoms with Crippen LogP contribution >= 0.6 is 0 Å². The van der Waals surface area contributed by atoms with Crippen LogP contribution in [0.15, 0.2) is 0 Å². The van der Waals surface area contributed by atoms with E-state index < -0.39 is 11.6 Å². The molecule has 1 aliphatic heterocycles. The third kappa shape index (κ3) is 3.68. The number of hydrogen-bond donors (Lipinski definition) is 2. The molecule has 1 unspecified atom stereocenters. The molecule has 2 aliphatic carbocycles. The van der Waals surface area contributed by atoms with Gasteiger partial charge in [-0.1, -0.05) is 0 Å². The van der Waals surface area contributed by atoms with Crippen LogP contribution in [0.2, 0.25) is 0 Å². The second-order valence-electron chi connectivity index (χ2n) is 8.92. The molecule has 2 N–H and O–H groups in total. The van der Waals surface area contributed by atoms with Gasteiger partial charge in [0.15, 0.2) is 0 Å². The van der Waals surface area contributed by atoms with Crippen LogP contribution in [-0.2, 0) is 9.53 Å². The zero-order valence-electron chi connectivity index (χ0n) is 15.1. The molecule has 136 valence electrons. The molecule has 1 heterocycles. The van der Waals surface area contributed by atoms with E-state index in [0.717, 1.165) is 45.2 Å². The van der Waals surface area contributed by atoms with Crippen LogP contribution in [0.3, 0.4) is 0 Å². The fourth-order valence-electron chi connectivity index (χ4n) is 4.12. The molecule has 0 bridgehead atoms. The zero-order chi connectivity index (χ0) is 17.6. The van der Waals surface area contributed by atoms with Gasteiger partial charge in [0.1, 0.15) is 5.60 Å². The molecule has 0 radical (unpaired) electrons. The molecule has 6 nitrogen and oxygen atoms in total. The van der Waals surface area contributed by atoms with Crippen LogP contribution in [0.25, 0.3) is 0 Å². The molecule has 0 aromatic heterocycles. The van der Waals surface area contributed by atoms with Gasteiger partial charge in [0.25, 0.3) is 0 Å². The van der Waals surface area contributed by atoms with Gasteiger partial charge in [-0.3, -0.25) is 4.79 Å². The highest BCUT2D eigenvalue weighted by molar-refractivity contribution is 5.68. The van der Waals surface area contributed by atoms with Crippen LogP contribution in [0.4, 0.5) is 4.79 Å². The highest BCUT2D eigenvalue weighted by Crippen LogP contribution is 2.51. The SMILES string of the molecule is CC(C)(C)OC(=O)N1CC[C@@]2(CCC2NC2(CCC(=O)O)CC2)C1. The smallest absolute Gasteiger partial charge is 0.410 e. The summed E-state index contributed by atoms with van der Waals surface area (Å²) in [5, 5.41) is 12.7. The van der Waals surface area contributed by atoms with Gasteiger partial charge in [0, 0.05) is 36.5 Å². The number of hydrogen-bond acceptors (Lipinski definition) is 4. The lowest BCUT2D eigenvalue weighted by Crippen LogP contribution is -2.58. The van der Waals surface area contributed by atoms with E-state index in [9.17, 15) is 9.59 Å². The second-order valence-corrected chi connectivity index (χ2v) is 8.92. The number of ether oxygens (including phenoxy) is 1. The predicted octanol–water partition coefficient (Wildman–Crippen LogP) is 2.76. The fraction of sp³-hybridized carbons (Fsp3) is 0.889. The van der Waals surface area contributed by atoms with Gasteiger partial charge in [0.05, 0.1) is 0 Å². The number of carbonyl (C=O) groups excluding carboxylic acids is 1. The van der Waals surface area contributed by atoms with Gasteiger partial charge >= 0.3 is 12.1 Å². The molecule has 0 aromatic carbocycles. The van der Waals surface area contributed by atoms with Crippen molar-refractivity contribution in [3.05, 3.63) is 0 Å². The number of carboxylic acid groups (broad SMARTS) is 1. The molecule has 24 heavy (non-hydrogen) atoms. The van der Waals surface area contributed by atoms with E-state index in [0.29, 0.717) is 12.5 Å². The van der Waals surface area contributed by atoms with Crippen molar-refractivity contribution >= 4 is 12.1 Å². The minimum atomic E-state index is -0.719. The number of nitrogens with zero attached hydrogens (tertiary/aromatic N) is 1. The van der Waals surface area contributed by atoms with Gasteiger partial charge in [-0.05, 0) is 59.3 Å². The number of amides is 1. The van der Waals surface area contributed by atoms with Crippen molar-refractivity contribution in [3.63, 3.8) is 0 Å². The summed E-state index contributed by atoms with van der Waals surface area (Å²) in [6.45, 7) is 7.20. The Kier molecular flexibility index (Phi) is 4.31. The lowest BCUT2D eigenvalue weighted by atomic mass is 9.63. The van der Waals surface area contributed by atoms with Gasteiger partial charge in [-0.2, -0.15) is 0 Å². The van der Waals surface area contributed by atoms with Crippen molar-refractivity contribution in [2.24, 2.45) is 5.41 Å². The third-order valence-electron chi connectivity index (χ3n) is 5.86. The number of carboxylic acids is 1. The van der Waals surface area contributed by atoms with Crippen LogP contribution in [0.5, 0.6) is 0 Å². The quantitative estimate of drug-likeness (QED) is 0.806. The Morgan fingerprint density at radius 2 is 1.96 bits per heavy atom. The van der Waals surface area contributed by atoms with Crippen LogP contribution in [0.1, 0.15) is 65.7 Å². The topological polar surface area (TPSA) is 78.9 Å². The van der Waals surface area contributed by atoms with Crippen LogP contribution in [0, 0.1) is 5.41 Å². The average molecular weight is 338 g/mol. The Bertz CT molecular complexity index is 524. The lowest BCUT2D eigenvalue weighted by Gasteiger charge is -2.49. The summed E-state index contributed by atoms with van der Waals surface area (Å²) in [7, 11) is 0. The normalized spacial score (nSPS) is 31.0. The lowest BCUT2D eigenvalue weighted by molar-refractivity contribution is -0.137. The first kappa shape index (κ1) is 17.5. The largest absolute Gasteiger partial charge is 0.481 e. The Balaban J connectivity index is 1.54. The summed E-state index contributed by atoms with van der Waals surface area (Å²) in [6.07, 6.45) is 6.15. The van der Waals surface area contributed by atoms with Crippen molar-refractivity contribution in [2.45, 2.75) is 82.9 Å². The summed E-state index contributed by atoms with van der Waals surface area (Å²) in [4.78, 5) is 25.0. The zero-order valence-corrected chi connectivity index (χ0v) is 15.1. The molecule has 3 fully saturated rings. The van der Waals surface area contributed by atoms with Crippen molar-refractivity contribution in [1.82, 2.24) is 10.2 Å². The van der Waals surface area contributed by atoms with E-state index in [1.807, 2.05) is 25.7 Å². The summed E-state index contributed by atoms with van der Waals surface area (Å²) in [6, 6.07) is 0.404. The Morgan fingerprint density at radius 3 is 2.46 bits per heavy atom. The first-order chi connectivity index (χ1) is 11.1. The van der Waals surface area contributed by atoms with Crippen LogP contribution in [-0.4, -0.2) is 52.3 Å². The molecular formula is C18H30N2O4. The molecule has 0 aromatic rings. The van der Waals surface area contributed by atoms with Crippen molar-refractivity contribution < 1.29 is 19.4 Å². The number of carbonyl (C=O) groups is 2.